The highest BCUT2D eigenvalue weighted by atomic mass is 19.3. The molecule has 0 aliphatic heterocycles. The molecule has 0 aliphatic carbocycles. The fourth-order valence-corrected chi connectivity index (χ4v) is 0.863. The van der Waals surface area contributed by atoms with E-state index in [1.807, 2.05) is 0 Å². The zero-order valence-electron chi connectivity index (χ0n) is 6.40. The molecule has 72 valence electrons. The average Bonchev–Trinajstić information content (AvgIpc) is 2.08. The summed E-state index contributed by atoms with van der Waals surface area (Å²) < 4.78 is 49.5. The van der Waals surface area contributed by atoms with Gasteiger partial charge in [-0.3, -0.25) is 0 Å². The third-order valence-electron chi connectivity index (χ3n) is 1.45. The Morgan fingerprint density at radius 3 is 2.46 bits per heavy atom. The van der Waals surface area contributed by atoms with Crippen molar-refractivity contribution in [1.82, 2.24) is 4.98 Å². The third-order valence-corrected chi connectivity index (χ3v) is 1.45. The Kier molecular flexibility index (Phi) is 2.82. The van der Waals surface area contributed by atoms with Crippen LogP contribution >= 0.6 is 0 Å². The maximum atomic E-state index is 12.9. The first-order valence-electron chi connectivity index (χ1n) is 3.39. The molecule has 0 atom stereocenters. The fourth-order valence-electron chi connectivity index (χ4n) is 0.863. The van der Waals surface area contributed by atoms with Gasteiger partial charge in [0.15, 0.2) is 5.82 Å². The number of alkyl halides is 2. The summed E-state index contributed by atoms with van der Waals surface area (Å²) >= 11 is 0. The molecule has 6 heteroatoms. The maximum absolute atomic E-state index is 12.9. The first-order valence-corrected chi connectivity index (χ1v) is 3.39. The summed E-state index contributed by atoms with van der Waals surface area (Å²) in [7, 11) is 0. The zero-order valence-corrected chi connectivity index (χ0v) is 6.40. The maximum Gasteiger partial charge on any atom is 0.266 e. The van der Waals surface area contributed by atoms with E-state index in [2.05, 4.69) is 4.98 Å². The molecule has 0 saturated carbocycles. The first kappa shape index (κ1) is 9.91. The summed E-state index contributed by atoms with van der Waals surface area (Å²) in [6.07, 6.45) is -3.07. The Morgan fingerprint density at radius 1 is 1.38 bits per heavy atom. The van der Waals surface area contributed by atoms with Gasteiger partial charge in [0.2, 0.25) is 5.95 Å². The summed E-state index contributed by atoms with van der Waals surface area (Å²) in [5, 5.41) is 0. The summed E-state index contributed by atoms with van der Waals surface area (Å²) in [4.78, 5) is 3.03. The molecule has 0 unspecified atom stereocenters. The molecule has 0 spiro atoms. The molecule has 0 bridgehead atoms. The van der Waals surface area contributed by atoms with Crippen LogP contribution in [0.15, 0.2) is 6.07 Å². The normalized spacial score (nSPS) is 10.9. The van der Waals surface area contributed by atoms with Gasteiger partial charge < -0.3 is 5.73 Å². The molecule has 0 aliphatic rings. The van der Waals surface area contributed by atoms with Crippen molar-refractivity contribution in [3.63, 3.8) is 0 Å². The second-order valence-electron chi connectivity index (χ2n) is 2.30. The van der Waals surface area contributed by atoms with Crippen LogP contribution in [-0.2, 0) is 6.54 Å². The van der Waals surface area contributed by atoms with Crippen LogP contribution in [0, 0.1) is 11.8 Å². The van der Waals surface area contributed by atoms with Crippen LogP contribution in [0.5, 0.6) is 0 Å². The summed E-state index contributed by atoms with van der Waals surface area (Å²) in [5.41, 5.74) is 3.48. The second-order valence-corrected chi connectivity index (χ2v) is 2.30. The monoisotopic (exact) mass is 194 g/mol. The Bertz CT molecular complexity index is 314. The van der Waals surface area contributed by atoms with Gasteiger partial charge in [0.05, 0.1) is 11.3 Å². The summed E-state index contributed by atoms with van der Waals surface area (Å²) in [5.74, 6) is -2.39. The molecule has 0 aromatic carbocycles. The first-order chi connectivity index (χ1) is 6.06. The average molecular weight is 194 g/mol. The van der Waals surface area contributed by atoms with E-state index in [1.54, 1.807) is 0 Å². The molecule has 0 fully saturated rings. The predicted octanol–water partition coefficient (Wildman–Crippen LogP) is 1.76. The Morgan fingerprint density at radius 2 is 2.00 bits per heavy atom. The largest absolute Gasteiger partial charge is 0.325 e. The van der Waals surface area contributed by atoms with Gasteiger partial charge in [-0.25, -0.2) is 18.2 Å². The van der Waals surface area contributed by atoms with Crippen molar-refractivity contribution >= 4 is 0 Å². The van der Waals surface area contributed by atoms with Crippen molar-refractivity contribution in [2.75, 3.05) is 0 Å². The van der Waals surface area contributed by atoms with Crippen LogP contribution in [0.25, 0.3) is 0 Å². The molecule has 0 amide bonds. The van der Waals surface area contributed by atoms with Crippen LogP contribution in [-0.4, -0.2) is 4.98 Å². The van der Waals surface area contributed by atoms with E-state index in [0.717, 1.165) is 0 Å². The Balaban J connectivity index is 3.27. The number of aromatic nitrogens is 1. The molecular weight excluding hydrogens is 188 g/mol. The van der Waals surface area contributed by atoms with Crippen molar-refractivity contribution in [2.45, 2.75) is 13.0 Å². The summed E-state index contributed by atoms with van der Waals surface area (Å²) in [6, 6.07) is 0.360. The number of nitrogens with two attached hydrogens (primary N) is 1. The van der Waals surface area contributed by atoms with Crippen LogP contribution in [0.3, 0.4) is 0 Å². The number of nitrogens with zero attached hydrogens (tertiary/aromatic N) is 1. The number of hydrogen-bond acceptors (Lipinski definition) is 2. The molecule has 0 saturated heterocycles. The molecular formula is C7H6F4N2. The lowest BCUT2D eigenvalue weighted by Gasteiger charge is -2.05. The number of halogens is 4. The van der Waals surface area contributed by atoms with E-state index < -0.39 is 36.0 Å². The van der Waals surface area contributed by atoms with E-state index >= 15 is 0 Å². The quantitative estimate of drug-likeness (QED) is 0.575. The topological polar surface area (TPSA) is 38.9 Å². The van der Waals surface area contributed by atoms with Gasteiger partial charge >= 0.3 is 0 Å². The fraction of sp³-hybridized carbons (Fsp3) is 0.286. The molecule has 1 heterocycles. The lowest BCUT2D eigenvalue weighted by atomic mass is 10.2. The molecule has 2 N–H and O–H groups in total. The third kappa shape index (κ3) is 1.95. The van der Waals surface area contributed by atoms with Gasteiger partial charge in [-0.1, -0.05) is 0 Å². The molecule has 13 heavy (non-hydrogen) atoms. The van der Waals surface area contributed by atoms with Crippen molar-refractivity contribution in [3.05, 3.63) is 29.1 Å². The van der Waals surface area contributed by atoms with Gasteiger partial charge in [-0.15, -0.1) is 0 Å². The Hall–Kier alpha value is -1.17. The minimum absolute atomic E-state index is 0.360. The van der Waals surface area contributed by atoms with Gasteiger partial charge in [0.1, 0.15) is 0 Å². The standard InChI is InChI=1S/C7H6F4N2/c8-5-1-3(7(10)11)6(9)4(2-12)13-5/h1,7H,2,12H2. The second kappa shape index (κ2) is 3.69. The highest BCUT2D eigenvalue weighted by Gasteiger charge is 2.18. The van der Waals surface area contributed by atoms with Gasteiger partial charge in [0, 0.05) is 12.6 Å². The van der Waals surface area contributed by atoms with E-state index in [-0.39, 0.29) is 0 Å². The SMILES string of the molecule is NCc1nc(F)cc(C(F)F)c1F. The van der Waals surface area contributed by atoms with Gasteiger partial charge in [0.25, 0.3) is 6.43 Å². The van der Waals surface area contributed by atoms with Crippen molar-refractivity contribution in [3.8, 4) is 0 Å². The van der Waals surface area contributed by atoms with Gasteiger partial charge in [-0.05, 0) is 0 Å². The van der Waals surface area contributed by atoms with Crippen molar-refractivity contribution in [1.29, 1.82) is 0 Å². The van der Waals surface area contributed by atoms with Crippen LogP contribution < -0.4 is 5.73 Å². The molecule has 1 rings (SSSR count). The predicted molar refractivity (Wildman–Crippen MR) is 37.0 cm³/mol. The number of rotatable bonds is 2. The molecule has 2 nitrogen and oxygen atoms in total. The highest BCUT2D eigenvalue weighted by molar-refractivity contribution is 5.21. The minimum Gasteiger partial charge on any atom is -0.325 e. The van der Waals surface area contributed by atoms with Gasteiger partial charge in [-0.2, -0.15) is 4.39 Å². The van der Waals surface area contributed by atoms with Crippen molar-refractivity contribution < 1.29 is 17.6 Å². The zero-order chi connectivity index (χ0) is 10.0. The smallest absolute Gasteiger partial charge is 0.266 e. The lowest BCUT2D eigenvalue weighted by Crippen LogP contribution is -2.08. The molecule has 0 radical (unpaired) electrons. The van der Waals surface area contributed by atoms with E-state index in [1.165, 1.54) is 0 Å². The van der Waals surface area contributed by atoms with Crippen LogP contribution in [0.1, 0.15) is 17.7 Å². The van der Waals surface area contributed by atoms with Crippen LogP contribution in [0.4, 0.5) is 17.6 Å². The highest BCUT2D eigenvalue weighted by Crippen LogP contribution is 2.23. The van der Waals surface area contributed by atoms with Crippen LogP contribution in [0.2, 0.25) is 0 Å². The van der Waals surface area contributed by atoms with Crippen molar-refractivity contribution in [2.24, 2.45) is 5.73 Å². The molecule has 1 aromatic heterocycles. The summed E-state index contributed by atoms with van der Waals surface area (Å²) in [6.45, 7) is -0.413. The lowest BCUT2D eigenvalue weighted by molar-refractivity contribution is 0.145. The minimum atomic E-state index is -3.07. The van der Waals surface area contributed by atoms with E-state index in [0.29, 0.717) is 6.07 Å². The Labute approximate surface area is 71.4 Å². The number of hydrogen-bond donors (Lipinski definition) is 1. The van der Waals surface area contributed by atoms with E-state index in [9.17, 15) is 17.6 Å². The molecule has 1 aromatic rings. The van der Waals surface area contributed by atoms with E-state index in [4.69, 9.17) is 5.73 Å². The number of pyridine rings is 1.